The number of carboxylic acid groups (broad SMARTS) is 1. The molecule has 0 unspecified atom stereocenters. The normalized spacial score (nSPS) is 14.7. The Balaban J connectivity index is 2.18. The largest absolute Gasteiger partial charge is 0.478 e. The van der Waals surface area contributed by atoms with Crippen LogP contribution in [0.3, 0.4) is 0 Å². The molecule has 0 saturated carbocycles. The van der Waals surface area contributed by atoms with Crippen LogP contribution in [-0.2, 0) is 0 Å². The predicted molar refractivity (Wildman–Crippen MR) is 72.3 cm³/mol. The summed E-state index contributed by atoms with van der Waals surface area (Å²) in [4.78, 5) is 24.7. The molecule has 2 amide bonds. The maximum Gasteiger partial charge on any atom is 0.340 e. The third kappa shape index (κ3) is 2.96. The third-order valence-electron chi connectivity index (χ3n) is 3.09. The molecule has 2 N–H and O–H groups in total. The lowest BCUT2D eigenvalue weighted by molar-refractivity contribution is 0.0693. The van der Waals surface area contributed by atoms with E-state index in [9.17, 15) is 14.0 Å². The van der Waals surface area contributed by atoms with Crippen molar-refractivity contribution < 1.29 is 19.1 Å². The van der Waals surface area contributed by atoms with Crippen LogP contribution in [0.2, 0.25) is 0 Å². The summed E-state index contributed by atoms with van der Waals surface area (Å²) in [5, 5.41) is 11.5. The van der Waals surface area contributed by atoms with Crippen molar-refractivity contribution in [1.29, 1.82) is 0 Å². The molecule has 1 aliphatic heterocycles. The molecule has 2 rings (SSSR count). The molecule has 0 bridgehead atoms. The van der Waals surface area contributed by atoms with Crippen LogP contribution in [0, 0.1) is 5.82 Å². The number of nitrogens with one attached hydrogen (secondary N) is 1. The van der Waals surface area contributed by atoms with Gasteiger partial charge in [0.2, 0.25) is 0 Å². The molecule has 0 aromatic heterocycles. The highest BCUT2D eigenvalue weighted by Gasteiger charge is 2.21. The van der Waals surface area contributed by atoms with Gasteiger partial charge in [-0.1, -0.05) is 17.7 Å². The lowest BCUT2D eigenvalue weighted by Crippen LogP contribution is -2.38. The zero-order valence-corrected chi connectivity index (χ0v) is 11.0. The summed E-state index contributed by atoms with van der Waals surface area (Å²) in [6.07, 6.45) is 2.81. The number of carbonyl (C=O) groups is 2. The predicted octanol–water partition coefficient (Wildman–Crippen LogP) is 2.71. The van der Waals surface area contributed by atoms with Crippen LogP contribution in [0.4, 0.5) is 14.9 Å². The Morgan fingerprint density at radius 3 is 2.80 bits per heavy atom. The fraction of sp³-hybridized carbons (Fsp3) is 0.286. The number of halogens is 1. The second-order valence-electron chi connectivity index (χ2n) is 4.66. The highest BCUT2D eigenvalue weighted by molar-refractivity contribution is 6.00. The van der Waals surface area contributed by atoms with Gasteiger partial charge in [-0.3, -0.25) is 0 Å². The number of carbonyl (C=O) groups excluding carboxylic acids is 1. The molecule has 1 aromatic carbocycles. The van der Waals surface area contributed by atoms with Crippen molar-refractivity contribution in [2.24, 2.45) is 0 Å². The first-order valence-electron chi connectivity index (χ1n) is 6.22. The Morgan fingerprint density at radius 2 is 2.15 bits per heavy atom. The van der Waals surface area contributed by atoms with Crippen LogP contribution in [0.5, 0.6) is 0 Å². The number of carboxylic acids is 1. The van der Waals surface area contributed by atoms with E-state index in [-0.39, 0.29) is 5.69 Å². The van der Waals surface area contributed by atoms with Gasteiger partial charge in [0.05, 0.1) is 5.69 Å². The molecule has 1 aliphatic rings. The summed E-state index contributed by atoms with van der Waals surface area (Å²) < 4.78 is 13.5. The van der Waals surface area contributed by atoms with Crippen molar-refractivity contribution in [2.45, 2.75) is 13.3 Å². The number of hydrogen-bond acceptors (Lipinski definition) is 2. The highest BCUT2D eigenvalue weighted by atomic mass is 19.1. The van der Waals surface area contributed by atoms with E-state index in [1.54, 1.807) is 4.90 Å². The molecule has 0 spiro atoms. The molecule has 5 nitrogen and oxygen atoms in total. The van der Waals surface area contributed by atoms with Gasteiger partial charge in [-0.25, -0.2) is 14.0 Å². The average molecular weight is 278 g/mol. The van der Waals surface area contributed by atoms with E-state index >= 15 is 0 Å². The number of rotatable bonds is 2. The Kier molecular flexibility index (Phi) is 4.02. The maximum absolute atomic E-state index is 13.5. The van der Waals surface area contributed by atoms with Gasteiger partial charge in [0.25, 0.3) is 0 Å². The molecular formula is C14H15FN2O3. The first-order chi connectivity index (χ1) is 9.49. The van der Waals surface area contributed by atoms with Gasteiger partial charge in [-0.05, 0) is 25.5 Å². The number of anilines is 1. The smallest absolute Gasteiger partial charge is 0.340 e. The highest BCUT2D eigenvalue weighted by Crippen LogP contribution is 2.20. The summed E-state index contributed by atoms with van der Waals surface area (Å²) in [6, 6.07) is 3.36. The topological polar surface area (TPSA) is 69.6 Å². The standard InChI is InChI=1S/C14H15FN2O3/c1-9-4-3-7-17(8-9)14(20)16-11-6-2-5-10(15)12(11)13(18)19/h2,4-6H,3,7-8H2,1H3,(H,16,20)(H,18,19). The first kappa shape index (κ1) is 14.0. The number of amides is 2. The molecule has 0 atom stereocenters. The second-order valence-corrected chi connectivity index (χ2v) is 4.66. The van der Waals surface area contributed by atoms with E-state index in [4.69, 9.17) is 5.11 Å². The van der Waals surface area contributed by atoms with Crippen molar-refractivity contribution in [3.8, 4) is 0 Å². The summed E-state index contributed by atoms with van der Waals surface area (Å²) in [5.74, 6) is -2.28. The number of aromatic carboxylic acids is 1. The van der Waals surface area contributed by atoms with Crippen LogP contribution in [0.1, 0.15) is 23.7 Å². The van der Waals surface area contributed by atoms with E-state index in [1.807, 2.05) is 6.92 Å². The van der Waals surface area contributed by atoms with Gasteiger partial charge < -0.3 is 15.3 Å². The Bertz CT molecular complexity index is 584. The average Bonchev–Trinajstić information content (AvgIpc) is 2.38. The van der Waals surface area contributed by atoms with Crippen molar-refractivity contribution in [1.82, 2.24) is 4.90 Å². The van der Waals surface area contributed by atoms with Crippen molar-refractivity contribution >= 4 is 17.7 Å². The molecule has 0 fully saturated rings. The molecule has 6 heteroatoms. The monoisotopic (exact) mass is 278 g/mol. The van der Waals surface area contributed by atoms with Crippen LogP contribution in [0.15, 0.2) is 29.8 Å². The first-order valence-corrected chi connectivity index (χ1v) is 6.22. The van der Waals surface area contributed by atoms with E-state index in [0.717, 1.165) is 18.1 Å². The van der Waals surface area contributed by atoms with Crippen LogP contribution >= 0.6 is 0 Å². The minimum atomic E-state index is -1.41. The molecule has 0 radical (unpaired) electrons. The lowest BCUT2D eigenvalue weighted by atomic mass is 10.1. The third-order valence-corrected chi connectivity index (χ3v) is 3.09. The zero-order valence-electron chi connectivity index (χ0n) is 11.0. The Labute approximate surface area is 115 Å². The number of hydrogen-bond donors (Lipinski definition) is 2. The number of urea groups is 1. The molecule has 1 heterocycles. The van der Waals surface area contributed by atoms with Gasteiger partial charge >= 0.3 is 12.0 Å². The van der Waals surface area contributed by atoms with Gasteiger partial charge in [-0.2, -0.15) is 0 Å². The fourth-order valence-corrected chi connectivity index (χ4v) is 2.12. The van der Waals surface area contributed by atoms with Gasteiger partial charge in [0, 0.05) is 13.1 Å². The van der Waals surface area contributed by atoms with E-state index in [2.05, 4.69) is 11.4 Å². The molecule has 20 heavy (non-hydrogen) atoms. The van der Waals surface area contributed by atoms with Crippen molar-refractivity contribution in [3.05, 3.63) is 41.2 Å². The lowest BCUT2D eigenvalue weighted by Gasteiger charge is -2.26. The van der Waals surface area contributed by atoms with Crippen molar-refractivity contribution in [3.63, 3.8) is 0 Å². The molecule has 1 aromatic rings. The number of benzene rings is 1. The van der Waals surface area contributed by atoms with Crippen LogP contribution < -0.4 is 5.32 Å². The van der Waals surface area contributed by atoms with E-state index < -0.39 is 23.4 Å². The minimum absolute atomic E-state index is 0.0327. The summed E-state index contributed by atoms with van der Waals surface area (Å²) in [5.41, 5.74) is 0.518. The second kappa shape index (κ2) is 5.73. The molecule has 106 valence electrons. The van der Waals surface area contributed by atoms with Crippen LogP contribution in [-0.4, -0.2) is 35.1 Å². The van der Waals surface area contributed by atoms with Crippen LogP contribution in [0.25, 0.3) is 0 Å². The zero-order chi connectivity index (χ0) is 14.7. The Hall–Kier alpha value is -2.37. The van der Waals surface area contributed by atoms with E-state index in [1.165, 1.54) is 12.1 Å². The molecule has 0 aliphatic carbocycles. The van der Waals surface area contributed by atoms with Gasteiger partial charge in [0.15, 0.2) is 0 Å². The quantitative estimate of drug-likeness (QED) is 0.817. The SMILES string of the molecule is CC1=CCCN(C(=O)Nc2cccc(F)c2C(=O)O)C1. The van der Waals surface area contributed by atoms with Gasteiger partial charge in [-0.15, -0.1) is 0 Å². The molecular weight excluding hydrogens is 263 g/mol. The summed E-state index contributed by atoms with van der Waals surface area (Å²) in [6.45, 7) is 2.97. The van der Waals surface area contributed by atoms with Crippen molar-refractivity contribution in [2.75, 3.05) is 18.4 Å². The molecule has 0 saturated heterocycles. The maximum atomic E-state index is 13.5. The van der Waals surface area contributed by atoms with Gasteiger partial charge in [0.1, 0.15) is 11.4 Å². The number of nitrogens with zero attached hydrogens (tertiary/aromatic N) is 1. The minimum Gasteiger partial charge on any atom is -0.478 e. The Morgan fingerprint density at radius 1 is 1.40 bits per heavy atom. The fourth-order valence-electron chi connectivity index (χ4n) is 2.12. The van der Waals surface area contributed by atoms with E-state index in [0.29, 0.717) is 13.1 Å². The summed E-state index contributed by atoms with van der Waals surface area (Å²) >= 11 is 0. The summed E-state index contributed by atoms with van der Waals surface area (Å²) in [7, 11) is 0.